The first kappa shape index (κ1) is 28.3. The van der Waals surface area contributed by atoms with Gasteiger partial charge in [0.2, 0.25) is 5.43 Å². The van der Waals surface area contributed by atoms with Crippen LogP contribution < -0.4 is 10.2 Å². The van der Waals surface area contributed by atoms with E-state index in [1.165, 1.54) is 13.2 Å². The molecule has 2 aliphatic heterocycles. The number of phenolic OH excluding ortho intramolecular Hbond substituents is 3. The van der Waals surface area contributed by atoms with Crippen LogP contribution in [0, 0.1) is 0 Å². The van der Waals surface area contributed by atoms with Crippen molar-refractivity contribution in [3.63, 3.8) is 0 Å². The molecule has 40 heavy (non-hydrogen) atoms. The number of aliphatic hydroxyl groups excluding tert-OH is 5. The Morgan fingerprint density at radius 3 is 2.35 bits per heavy atom. The zero-order chi connectivity index (χ0) is 29.1. The molecule has 0 amide bonds. The fourth-order valence-electron chi connectivity index (χ4n) is 4.91. The number of ether oxygens (including phenoxy) is 4. The lowest BCUT2D eigenvalue weighted by molar-refractivity contribution is -0.253. The highest BCUT2D eigenvalue weighted by atomic mass is 16.7. The van der Waals surface area contributed by atoms with Crippen molar-refractivity contribution < 1.29 is 69.3 Å². The van der Waals surface area contributed by atoms with E-state index in [9.17, 15) is 50.8 Å². The molecule has 1 aromatic heterocycles. The normalized spacial score (nSPS) is 32.6. The topological polar surface area (TPSA) is 249 Å². The summed E-state index contributed by atoms with van der Waals surface area (Å²) in [7, 11) is 1.27. The fourth-order valence-corrected chi connectivity index (χ4v) is 4.91. The first-order valence-electron chi connectivity index (χ1n) is 12.1. The van der Waals surface area contributed by atoms with Crippen LogP contribution in [0.4, 0.5) is 0 Å². The Labute approximate surface area is 224 Å². The van der Waals surface area contributed by atoms with Crippen molar-refractivity contribution in [2.75, 3.05) is 26.9 Å². The van der Waals surface area contributed by atoms with Gasteiger partial charge in [0.1, 0.15) is 70.3 Å². The number of hydrogen-bond donors (Lipinski definition) is 9. The molecule has 2 aliphatic rings. The summed E-state index contributed by atoms with van der Waals surface area (Å²) < 4.78 is 26.8. The monoisotopic (exact) mass is 568 g/mol. The Kier molecular flexibility index (Phi) is 7.28. The maximum absolute atomic E-state index is 13.3. The summed E-state index contributed by atoms with van der Waals surface area (Å²) in [6.45, 7) is -1.84. The van der Waals surface area contributed by atoms with Gasteiger partial charge in [0.05, 0.1) is 37.9 Å². The van der Waals surface area contributed by atoms with Gasteiger partial charge >= 0.3 is 0 Å². The number of methoxy groups -OCH3 is 1. The molecule has 15 heteroatoms. The predicted molar refractivity (Wildman–Crippen MR) is 131 cm³/mol. The van der Waals surface area contributed by atoms with Crippen molar-refractivity contribution in [3.8, 4) is 23.0 Å². The van der Waals surface area contributed by atoms with Crippen molar-refractivity contribution >= 4 is 21.9 Å². The van der Waals surface area contributed by atoms with Gasteiger partial charge < -0.3 is 69.3 Å². The lowest BCUT2D eigenvalue weighted by Gasteiger charge is -2.41. The molecule has 0 saturated carbocycles. The summed E-state index contributed by atoms with van der Waals surface area (Å²) in [5.74, 6) is -1.90. The molecule has 0 bridgehead atoms. The first-order valence-corrected chi connectivity index (χ1v) is 12.1. The van der Waals surface area contributed by atoms with E-state index in [1.54, 1.807) is 0 Å². The predicted octanol–water partition coefficient (Wildman–Crippen LogP) is -1.95. The van der Waals surface area contributed by atoms with Gasteiger partial charge in [-0.1, -0.05) is 0 Å². The van der Waals surface area contributed by atoms with E-state index in [-0.39, 0.29) is 28.1 Å². The highest BCUT2D eigenvalue weighted by Gasteiger charge is 2.50. The van der Waals surface area contributed by atoms with Gasteiger partial charge in [0.25, 0.3) is 0 Å². The molecule has 1 unspecified atom stereocenters. The van der Waals surface area contributed by atoms with Crippen LogP contribution in [0.2, 0.25) is 0 Å². The van der Waals surface area contributed by atoms with Crippen LogP contribution in [0.1, 0.15) is 11.7 Å². The van der Waals surface area contributed by atoms with Gasteiger partial charge in [-0.2, -0.15) is 0 Å². The smallest absolute Gasteiger partial charge is 0.204 e. The molecule has 9 N–H and O–H groups in total. The summed E-state index contributed by atoms with van der Waals surface area (Å²) in [5.41, 5.74) is -3.60. The van der Waals surface area contributed by atoms with Crippen LogP contribution in [0.3, 0.4) is 0 Å². The van der Waals surface area contributed by atoms with E-state index in [0.717, 1.165) is 12.1 Å². The molecule has 5 rings (SSSR count). The van der Waals surface area contributed by atoms with E-state index in [1.807, 2.05) is 0 Å². The molecule has 2 saturated heterocycles. The zero-order valence-electron chi connectivity index (χ0n) is 20.9. The third-order valence-electron chi connectivity index (χ3n) is 7.26. The number of phenols is 3. The van der Waals surface area contributed by atoms with Crippen LogP contribution in [0.5, 0.6) is 23.0 Å². The average molecular weight is 568 g/mol. The highest BCUT2D eigenvalue weighted by molar-refractivity contribution is 5.96. The molecule has 8 atom stereocenters. The van der Waals surface area contributed by atoms with Crippen LogP contribution in [0.15, 0.2) is 27.4 Å². The third-order valence-corrected chi connectivity index (χ3v) is 7.26. The molecule has 2 aromatic carbocycles. The number of aliphatic hydroxyl groups is 6. The van der Waals surface area contributed by atoms with Gasteiger partial charge in [-0.3, -0.25) is 4.79 Å². The third kappa shape index (κ3) is 4.41. The fraction of sp³-hybridized carbons (Fsp3) is 0.480. The standard InChI is InChI=1S/C25H28O15/c1-36-12-2-8-11(3-9(12)27)39-13-4-10(28)15(19(31)16(13)17(8)29)22-21(33)20(32)18(30)14(40-22)5-37-24-23(34)25(35,6-26)7-38-24/h2-4,14,18,20-24,26-28,30-35H,5-7H2,1H3/t14-,18-,20-,21-,22+,23+,24-,25?/m1/s1. The second kappa shape index (κ2) is 10.3. The second-order valence-corrected chi connectivity index (χ2v) is 9.77. The molecule has 2 fully saturated rings. The summed E-state index contributed by atoms with van der Waals surface area (Å²) in [4.78, 5) is 13.3. The minimum absolute atomic E-state index is 0.0441. The number of fused-ring (bicyclic) bond motifs is 2. The lowest BCUT2D eigenvalue weighted by atomic mass is 9.89. The van der Waals surface area contributed by atoms with E-state index >= 15 is 0 Å². The Morgan fingerprint density at radius 2 is 1.70 bits per heavy atom. The SMILES string of the molecule is COc1cc2c(=O)c3c(O)c([C@@H]4O[C@H](CO[C@@H]5OCC(O)(CO)[C@H]5O)[C@@H](O)[C@@H](O)[C@H]4O)c(O)cc3oc2cc1O. The van der Waals surface area contributed by atoms with Crippen LogP contribution in [0.25, 0.3) is 21.9 Å². The molecular weight excluding hydrogens is 540 g/mol. The summed E-state index contributed by atoms with van der Waals surface area (Å²) >= 11 is 0. The highest BCUT2D eigenvalue weighted by Crippen LogP contribution is 2.45. The number of benzene rings is 2. The van der Waals surface area contributed by atoms with Gasteiger partial charge in [-0.25, -0.2) is 0 Å². The van der Waals surface area contributed by atoms with Crippen molar-refractivity contribution in [2.45, 2.75) is 48.5 Å². The van der Waals surface area contributed by atoms with Gasteiger partial charge in [0.15, 0.2) is 17.8 Å². The van der Waals surface area contributed by atoms with E-state index in [4.69, 9.17) is 23.4 Å². The minimum atomic E-state index is -1.98. The van der Waals surface area contributed by atoms with Gasteiger partial charge in [-0.05, 0) is 6.07 Å². The number of hydrogen-bond acceptors (Lipinski definition) is 15. The summed E-state index contributed by atoms with van der Waals surface area (Å²) in [5, 5.41) is 92.6. The molecular formula is C25H28O15. The molecule has 15 nitrogen and oxygen atoms in total. The second-order valence-electron chi connectivity index (χ2n) is 9.77. The van der Waals surface area contributed by atoms with Crippen LogP contribution >= 0.6 is 0 Å². The lowest BCUT2D eigenvalue weighted by Crippen LogP contribution is -2.56. The van der Waals surface area contributed by atoms with Crippen molar-refractivity contribution in [2.24, 2.45) is 0 Å². The maximum Gasteiger partial charge on any atom is 0.204 e. The largest absolute Gasteiger partial charge is 0.507 e. The quantitative estimate of drug-likeness (QED) is 0.147. The van der Waals surface area contributed by atoms with Crippen LogP contribution in [-0.4, -0.2) is 115 Å². The Morgan fingerprint density at radius 1 is 1.00 bits per heavy atom. The van der Waals surface area contributed by atoms with E-state index in [0.29, 0.717) is 0 Å². The van der Waals surface area contributed by atoms with Crippen molar-refractivity contribution in [3.05, 3.63) is 34.0 Å². The summed E-state index contributed by atoms with van der Waals surface area (Å²) in [6.07, 6.45) is -11.8. The molecule has 3 aromatic rings. The van der Waals surface area contributed by atoms with Gasteiger partial charge in [-0.15, -0.1) is 0 Å². The summed E-state index contributed by atoms with van der Waals surface area (Å²) in [6, 6.07) is 3.29. The van der Waals surface area contributed by atoms with Crippen molar-refractivity contribution in [1.82, 2.24) is 0 Å². The van der Waals surface area contributed by atoms with E-state index in [2.05, 4.69) is 0 Å². The number of rotatable bonds is 6. The number of aromatic hydroxyl groups is 3. The molecule has 0 aliphatic carbocycles. The van der Waals surface area contributed by atoms with Gasteiger partial charge in [0, 0.05) is 12.1 Å². The zero-order valence-corrected chi connectivity index (χ0v) is 20.9. The Hall–Kier alpha value is -3.25. The Bertz CT molecular complexity index is 1490. The first-order chi connectivity index (χ1) is 18.9. The molecule has 3 heterocycles. The average Bonchev–Trinajstić information content (AvgIpc) is 3.21. The molecule has 218 valence electrons. The van der Waals surface area contributed by atoms with Crippen LogP contribution in [-0.2, 0) is 14.2 Å². The van der Waals surface area contributed by atoms with E-state index < -0.39 is 96.2 Å². The Balaban J connectivity index is 1.51. The van der Waals surface area contributed by atoms with Crippen molar-refractivity contribution in [1.29, 1.82) is 0 Å². The maximum atomic E-state index is 13.3. The minimum Gasteiger partial charge on any atom is -0.507 e. The molecule has 0 radical (unpaired) electrons. The molecule has 0 spiro atoms.